The van der Waals surface area contributed by atoms with Crippen LogP contribution in [0.4, 0.5) is 42.6 Å². The molecular formula is C83H93Cl3F4N10O10S5. The number of hydrogen-bond donors (Lipinski definition) is 10. The third-order valence-electron chi connectivity index (χ3n) is 20.9. The fourth-order valence-corrected chi connectivity index (χ4v) is 22.5. The molecular weight excluding hydrogens is 1640 g/mol. The van der Waals surface area contributed by atoms with Crippen molar-refractivity contribution in [1.29, 1.82) is 0 Å². The molecule has 5 heterocycles. The molecule has 6 aliphatic carbocycles. The molecule has 14 rings (SSSR count). The van der Waals surface area contributed by atoms with E-state index in [9.17, 15) is 65.5 Å². The number of aryl methyl sites for hydroxylation is 5. The van der Waals surface area contributed by atoms with Crippen LogP contribution in [-0.2, 0) is 91.2 Å². The van der Waals surface area contributed by atoms with Crippen LogP contribution in [0, 0.1) is 17.7 Å². The molecule has 0 atom stereocenters. The molecule has 10 amide bonds. The number of anilines is 5. The number of rotatable bonds is 21. The van der Waals surface area contributed by atoms with Crippen LogP contribution in [-0.4, -0.2) is 59.1 Å². The fraction of sp³-hybridized carbons (Fsp3) is 0.422. The molecule has 32 heteroatoms. The molecule has 0 unspecified atom stereocenters. The molecule has 115 heavy (non-hydrogen) atoms. The lowest BCUT2D eigenvalue weighted by Gasteiger charge is -2.15. The van der Waals surface area contributed by atoms with Crippen LogP contribution < -0.4 is 55.3 Å². The zero-order valence-corrected chi connectivity index (χ0v) is 70.1. The van der Waals surface area contributed by atoms with Crippen molar-refractivity contribution >= 4 is 176 Å². The molecule has 15 N–H and O–H groups in total. The first-order valence-corrected chi connectivity index (χ1v) is 44.0. The zero-order chi connectivity index (χ0) is 82.9. The van der Waals surface area contributed by atoms with E-state index in [0.29, 0.717) is 77.1 Å². The Morgan fingerprint density at radius 2 is 0.757 bits per heavy atom. The Morgan fingerprint density at radius 3 is 1.10 bits per heavy atom. The van der Waals surface area contributed by atoms with Gasteiger partial charge in [0.15, 0.2) is 0 Å². The van der Waals surface area contributed by atoms with E-state index >= 15 is 0 Å². The smallest absolute Gasteiger partial charge is 0.365 e. The highest BCUT2D eigenvalue weighted by atomic mass is 35.5. The summed E-state index contributed by atoms with van der Waals surface area (Å²) < 4.78 is 51.2. The van der Waals surface area contributed by atoms with Crippen molar-refractivity contribution < 1.29 is 65.5 Å². The van der Waals surface area contributed by atoms with Gasteiger partial charge in [0.2, 0.25) is 17.7 Å². The second-order valence-electron chi connectivity index (χ2n) is 29.1. The summed E-state index contributed by atoms with van der Waals surface area (Å²) in [7, 11) is 0. The maximum Gasteiger partial charge on any atom is 0.416 e. The quantitative estimate of drug-likeness (QED) is 0.0303. The Bertz CT molecular complexity index is 4960. The van der Waals surface area contributed by atoms with Gasteiger partial charge in [-0.3, -0.25) is 47.9 Å². The molecule has 8 aromatic rings. The number of fused-ring (bicyclic) bond motifs is 5. The second kappa shape index (κ2) is 41.0. The van der Waals surface area contributed by atoms with Crippen molar-refractivity contribution in [3.63, 3.8) is 0 Å². The van der Waals surface area contributed by atoms with Crippen molar-refractivity contribution in [2.75, 3.05) is 26.6 Å². The van der Waals surface area contributed by atoms with Crippen LogP contribution in [0.15, 0.2) is 60.7 Å². The fourth-order valence-electron chi connectivity index (χ4n) is 15.4. The lowest BCUT2D eigenvalue weighted by Crippen LogP contribution is -2.24. The van der Waals surface area contributed by atoms with Gasteiger partial charge in [-0.05, 0) is 242 Å². The number of hydrogen-bond acceptors (Lipinski definition) is 15. The van der Waals surface area contributed by atoms with Crippen LogP contribution in [0.2, 0.25) is 15.1 Å². The molecule has 6 aliphatic rings. The van der Waals surface area contributed by atoms with E-state index in [1.54, 1.807) is 23.5 Å². The van der Waals surface area contributed by atoms with E-state index < -0.39 is 58.9 Å². The molecule has 5 aromatic heterocycles. The van der Waals surface area contributed by atoms with Gasteiger partial charge < -0.3 is 55.3 Å². The average molecular weight is 1730 g/mol. The topological polar surface area (TPSA) is 361 Å². The van der Waals surface area contributed by atoms with Crippen LogP contribution >= 0.6 is 91.5 Å². The summed E-state index contributed by atoms with van der Waals surface area (Å²) in [5, 5.41) is 17.1. The van der Waals surface area contributed by atoms with Gasteiger partial charge in [-0.1, -0.05) is 86.5 Å². The normalized spacial score (nSPS) is 14.6. The Morgan fingerprint density at radius 1 is 0.426 bits per heavy atom. The number of primary amides is 5. The first kappa shape index (κ1) is 88.8. The molecule has 3 aromatic carbocycles. The standard InChI is InChI=1S/C17H14ClF3N2O2S.C17H17ClN2O2S.C17H26N2O2S.C16H14ClFN2O2S.C16H22N2O2S/c18-11-7-8(17(19,20)21)5-6-9(11)15(25)23-16-13(14(22)24)10-3-1-2-4-12(10)26-16;18-11-7-5-10(6-8-11)9-14(21)20-17-15(16(19)22)12-3-1-2-4-13(12)23-17;1-3-7-11(8-4-2)16(21)19-17-14(15(18)20)12-9-5-6-10-13(12)22-17;17-11-7-8(18)5-6-9(11)15(22)20-16-13(14(19)21)10-3-1-2-4-12(10)23-16;17-15(20)14-11-7-3-4-8-12(11)21-16(14)18-13(19)9-10-5-1-2-6-10/h5-7H,1-4H2,(H2,22,24)(H,23,25);5-8H,1-4,9H2,(H2,19,22)(H,20,21);11H,3-10H2,1-2H3,(H2,18,20)(H,19,21);5-7H,1-4H2,(H2,19,21)(H,20,22);10H,1-9H2,(H2,17,20)(H,18,19). The lowest BCUT2D eigenvalue weighted by molar-refractivity contribution is -0.137. The third-order valence-corrected chi connectivity index (χ3v) is 27.8. The van der Waals surface area contributed by atoms with Gasteiger partial charge in [-0.25, -0.2) is 4.39 Å². The summed E-state index contributed by atoms with van der Waals surface area (Å²) in [5.74, 6) is -3.75. The number of nitrogens with one attached hydrogen (secondary N) is 5. The predicted molar refractivity (Wildman–Crippen MR) is 452 cm³/mol. The summed E-state index contributed by atoms with van der Waals surface area (Å²) in [6.07, 6.45) is 24.2. The summed E-state index contributed by atoms with van der Waals surface area (Å²) in [6.45, 7) is 4.18. The third kappa shape index (κ3) is 23.0. The lowest BCUT2D eigenvalue weighted by atomic mass is 9.95. The van der Waals surface area contributed by atoms with E-state index in [1.807, 2.05) is 12.1 Å². The molecule has 0 bridgehead atoms. The molecule has 20 nitrogen and oxygen atoms in total. The summed E-state index contributed by atoms with van der Waals surface area (Å²) in [5.41, 5.74) is 34.8. The van der Waals surface area contributed by atoms with Crippen molar-refractivity contribution in [3.8, 4) is 0 Å². The SMILES string of the molecule is CCCC(CCC)C(=O)Nc1sc2c(c1C(N)=O)CCCC2.NC(=O)c1c(NC(=O)CC2CCCC2)sc2c1CCCC2.NC(=O)c1c(NC(=O)Cc2ccc(Cl)cc2)sc2c1CCCC2.NC(=O)c1c(NC(=O)c2ccc(C(F)(F)F)cc2Cl)sc2c1CCCC2.NC(=O)c1c(NC(=O)c2ccc(F)cc2Cl)sc2c1CCCC2. The molecule has 0 aliphatic heterocycles. The van der Waals surface area contributed by atoms with Crippen LogP contribution in [0.5, 0.6) is 0 Å². The van der Waals surface area contributed by atoms with Crippen molar-refractivity contribution in [2.24, 2.45) is 40.5 Å². The van der Waals surface area contributed by atoms with Gasteiger partial charge >= 0.3 is 6.18 Å². The van der Waals surface area contributed by atoms with Gasteiger partial charge in [0.1, 0.15) is 30.8 Å². The number of carbonyl (C=O) groups is 10. The van der Waals surface area contributed by atoms with Gasteiger partial charge in [0, 0.05) is 41.7 Å². The van der Waals surface area contributed by atoms with Gasteiger partial charge in [-0.15, -0.1) is 56.7 Å². The minimum Gasteiger partial charge on any atom is -0.365 e. The predicted octanol–water partition coefficient (Wildman–Crippen LogP) is 19.1. The maximum atomic E-state index is 13.1. The van der Waals surface area contributed by atoms with Crippen LogP contribution in [0.1, 0.15) is 272 Å². The van der Waals surface area contributed by atoms with Gasteiger partial charge in [0.25, 0.3) is 41.4 Å². The first-order chi connectivity index (χ1) is 54.9. The van der Waals surface area contributed by atoms with E-state index in [4.69, 9.17) is 63.5 Å². The Labute approximate surface area is 699 Å². The Balaban J connectivity index is 0.000000152. The van der Waals surface area contributed by atoms with Crippen molar-refractivity contribution in [2.45, 2.75) is 213 Å². The van der Waals surface area contributed by atoms with Crippen molar-refractivity contribution in [1.82, 2.24) is 0 Å². The zero-order valence-electron chi connectivity index (χ0n) is 63.8. The van der Waals surface area contributed by atoms with Crippen LogP contribution in [0.3, 0.4) is 0 Å². The summed E-state index contributed by atoms with van der Waals surface area (Å²) in [6, 6.07) is 13.2. The molecule has 1 fully saturated rings. The average Bonchev–Trinajstić information content (AvgIpc) is 1.67. The van der Waals surface area contributed by atoms with E-state index in [1.165, 1.54) is 78.9 Å². The largest absolute Gasteiger partial charge is 0.416 e. The number of halogens is 7. The number of thiophene rings is 5. The molecule has 0 saturated heterocycles. The summed E-state index contributed by atoms with van der Waals surface area (Å²) in [4.78, 5) is 127. The molecule has 0 spiro atoms. The highest BCUT2D eigenvalue weighted by molar-refractivity contribution is 7.18. The minimum atomic E-state index is -4.55. The number of carbonyl (C=O) groups excluding carboxylic acids is 10. The molecule has 614 valence electrons. The number of alkyl halides is 3. The highest BCUT2D eigenvalue weighted by Crippen LogP contribution is 2.44. The van der Waals surface area contributed by atoms with Gasteiger partial charge in [0.05, 0.1) is 61.0 Å². The van der Waals surface area contributed by atoms with Crippen LogP contribution in [0.25, 0.3) is 0 Å². The van der Waals surface area contributed by atoms with E-state index in [-0.39, 0.29) is 56.8 Å². The second-order valence-corrected chi connectivity index (χ2v) is 35.9. The monoisotopic (exact) mass is 1730 g/mol. The van der Waals surface area contributed by atoms with Gasteiger partial charge in [-0.2, -0.15) is 13.2 Å². The number of nitrogens with two attached hydrogens (primary N) is 5. The van der Waals surface area contributed by atoms with E-state index in [2.05, 4.69) is 40.4 Å². The Kier molecular flexibility index (Phi) is 31.7. The highest BCUT2D eigenvalue weighted by Gasteiger charge is 2.35. The maximum absolute atomic E-state index is 13.1. The summed E-state index contributed by atoms with van der Waals surface area (Å²) >= 11 is 24.8. The molecule has 0 radical (unpaired) electrons. The number of amides is 10. The van der Waals surface area contributed by atoms with E-state index in [0.717, 1.165) is 228 Å². The van der Waals surface area contributed by atoms with Crippen molar-refractivity contribution in [3.05, 3.63) is 184 Å². The Hall–Kier alpha value is -8.55. The minimum absolute atomic E-state index is 0.0180. The molecule has 1 saturated carbocycles. The number of benzene rings is 3. The first-order valence-electron chi connectivity index (χ1n) is 38.7.